The van der Waals surface area contributed by atoms with Crippen molar-refractivity contribution in [3.63, 3.8) is 0 Å². The van der Waals surface area contributed by atoms with E-state index in [4.69, 9.17) is 4.98 Å². The van der Waals surface area contributed by atoms with Crippen LogP contribution in [0.5, 0.6) is 0 Å². The van der Waals surface area contributed by atoms with Crippen LogP contribution in [0.15, 0.2) is 48.5 Å². The van der Waals surface area contributed by atoms with Crippen LogP contribution < -0.4 is 4.90 Å². The van der Waals surface area contributed by atoms with Gasteiger partial charge in [-0.15, -0.1) is 0 Å². The second kappa shape index (κ2) is 12.1. The lowest BCUT2D eigenvalue weighted by Crippen LogP contribution is -2.35. The molecule has 1 amide bonds. The van der Waals surface area contributed by atoms with Crippen molar-refractivity contribution < 1.29 is 9.18 Å². The predicted octanol–water partition coefficient (Wildman–Crippen LogP) is 5.74. The van der Waals surface area contributed by atoms with Gasteiger partial charge in [-0.3, -0.25) is 4.79 Å². The van der Waals surface area contributed by atoms with E-state index < -0.39 is 0 Å². The molecular weight excluding hydrogens is 447 g/mol. The standard InChI is InChI=1S/C27H33FN4OS/c1-2-3-4-5-7-21-8-12-23(13-9-21)26(33)31-16-6-17-32(19-18-31)27-29-25(30-34-27)20-22-10-14-24(28)15-11-22/h8-15H,2-7,16-20H2,1H3. The number of amides is 1. The van der Waals surface area contributed by atoms with Crippen LogP contribution in [-0.2, 0) is 12.8 Å². The topological polar surface area (TPSA) is 49.3 Å². The molecule has 0 radical (unpaired) electrons. The number of aromatic nitrogens is 2. The molecule has 1 fully saturated rings. The molecule has 0 spiro atoms. The SMILES string of the molecule is CCCCCCc1ccc(C(=O)N2CCCN(c3nc(Cc4ccc(F)cc4)ns3)CC2)cc1. The molecule has 0 aliphatic carbocycles. The molecule has 7 heteroatoms. The Balaban J connectivity index is 1.30. The number of carbonyl (C=O) groups is 1. The van der Waals surface area contributed by atoms with E-state index >= 15 is 0 Å². The van der Waals surface area contributed by atoms with Crippen LogP contribution in [0, 0.1) is 5.82 Å². The number of rotatable bonds is 9. The van der Waals surface area contributed by atoms with Gasteiger partial charge in [-0.2, -0.15) is 4.37 Å². The molecule has 3 aromatic rings. The number of unbranched alkanes of at least 4 members (excludes halogenated alkanes) is 3. The summed E-state index contributed by atoms with van der Waals surface area (Å²) in [5.41, 5.74) is 3.07. The summed E-state index contributed by atoms with van der Waals surface area (Å²) in [7, 11) is 0. The first kappa shape index (κ1) is 24.3. The van der Waals surface area contributed by atoms with Gasteiger partial charge >= 0.3 is 0 Å². The molecule has 34 heavy (non-hydrogen) atoms. The fourth-order valence-corrected chi connectivity index (χ4v) is 5.03. The first-order chi connectivity index (χ1) is 16.6. The molecule has 1 aliphatic rings. The summed E-state index contributed by atoms with van der Waals surface area (Å²) in [6.07, 6.45) is 7.58. The average Bonchev–Trinajstić information content (AvgIpc) is 3.18. The van der Waals surface area contributed by atoms with Crippen LogP contribution >= 0.6 is 11.5 Å². The Kier molecular flexibility index (Phi) is 8.63. The summed E-state index contributed by atoms with van der Waals surface area (Å²) in [6, 6.07) is 14.6. The van der Waals surface area contributed by atoms with Gasteiger partial charge in [-0.25, -0.2) is 9.37 Å². The number of carbonyl (C=O) groups excluding carboxylic acids is 1. The first-order valence-electron chi connectivity index (χ1n) is 12.3. The van der Waals surface area contributed by atoms with E-state index in [1.165, 1.54) is 54.9 Å². The molecule has 1 saturated heterocycles. The maximum atomic E-state index is 13.1. The van der Waals surface area contributed by atoms with Crippen molar-refractivity contribution in [2.75, 3.05) is 31.1 Å². The number of aryl methyl sites for hydroxylation is 1. The Morgan fingerprint density at radius 3 is 2.47 bits per heavy atom. The van der Waals surface area contributed by atoms with Crippen molar-refractivity contribution in [2.45, 2.75) is 51.9 Å². The lowest BCUT2D eigenvalue weighted by atomic mass is 10.0. The normalized spacial score (nSPS) is 14.3. The summed E-state index contributed by atoms with van der Waals surface area (Å²) >= 11 is 1.39. The fourth-order valence-electron chi connectivity index (χ4n) is 4.29. The molecule has 1 aromatic heterocycles. The number of halogens is 1. The van der Waals surface area contributed by atoms with Crippen molar-refractivity contribution in [2.24, 2.45) is 0 Å². The van der Waals surface area contributed by atoms with Crippen molar-refractivity contribution >= 4 is 22.6 Å². The van der Waals surface area contributed by atoms with E-state index in [-0.39, 0.29) is 11.7 Å². The zero-order valence-electron chi connectivity index (χ0n) is 19.9. The molecule has 2 aromatic carbocycles. The lowest BCUT2D eigenvalue weighted by molar-refractivity contribution is 0.0767. The Labute approximate surface area is 205 Å². The Hall–Kier alpha value is -2.80. The molecule has 0 N–H and O–H groups in total. The highest BCUT2D eigenvalue weighted by Crippen LogP contribution is 2.21. The van der Waals surface area contributed by atoms with E-state index in [1.54, 1.807) is 12.1 Å². The molecule has 180 valence electrons. The Morgan fingerprint density at radius 2 is 1.71 bits per heavy atom. The van der Waals surface area contributed by atoms with Crippen LogP contribution in [0.2, 0.25) is 0 Å². The molecule has 5 nitrogen and oxygen atoms in total. The maximum absolute atomic E-state index is 13.1. The van der Waals surface area contributed by atoms with E-state index in [0.29, 0.717) is 13.0 Å². The number of hydrogen-bond donors (Lipinski definition) is 0. The van der Waals surface area contributed by atoms with Crippen molar-refractivity contribution in [3.05, 3.63) is 76.9 Å². The summed E-state index contributed by atoms with van der Waals surface area (Å²) in [4.78, 5) is 22.0. The van der Waals surface area contributed by atoms with Crippen LogP contribution in [0.3, 0.4) is 0 Å². The van der Waals surface area contributed by atoms with E-state index in [9.17, 15) is 9.18 Å². The van der Waals surface area contributed by atoms with E-state index in [2.05, 4.69) is 28.3 Å². The predicted molar refractivity (Wildman–Crippen MR) is 136 cm³/mol. The van der Waals surface area contributed by atoms with Gasteiger partial charge in [-0.05, 0) is 54.7 Å². The van der Waals surface area contributed by atoms with Crippen molar-refractivity contribution in [1.82, 2.24) is 14.3 Å². The molecule has 1 aliphatic heterocycles. The number of benzene rings is 2. The minimum absolute atomic E-state index is 0.105. The summed E-state index contributed by atoms with van der Waals surface area (Å²) in [5.74, 6) is 0.616. The second-order valence-corrected chi connectivity index (χ2v) is 9.67. The third-order valence-electron chi connectivity index (χ3n) is 6.31. The molecule has 4 rings (SSSR count). The van der Waals surface area contributed by atoms with Gasteiger partial charge in [0.2, 0.25) is 5.13 Å². The monoisotopic (exact) mass is 480 g/mol. The van der Waals surface area contributed by atoms with Crippen molar-refractivity contribution in [1.29, 1.82) is 0 Å². The smallest absolute Gasteiger partial charge is 0.253 e. The number of anilines is 1. The zero-order chi connectivity index (χ0) is 23.8. The molecule has 2 heterocycles. The van der Waals surface area contributed by atoms with Gasteiger partial charge < -0.3 is 9.80 Å². The van der Waals surface area contributed by atoms with Crippen LogP contribution in [0.25, 0.3) is 0 Å². The molecule has 0 atom stereocenters. The van der Waals surface area contributed by atoms with Crippen LogP contribution in [0.4, 0.5) is 9.52 Å². The average molecular weight is 481 g/mol. The summed E-state index contributed by atoms with van der Waals surface area (Å²) in [5, 5.41) is 0.888. The van der Waals surface area contributed by atoms with Crippen molar-refractivity contribution in [3.8, 4) is 0 Å². The highest BCUT2D eigenvalue weighted by molar-refractivity contribution is 7.09. The Morgan fingerprint density at radius 1 is 0.941 bits per heavy atom. The zero-order valence-corrected chi connectivity index (χ0v) is 20.7. The molecule has 0 bridgehead atoms. The third kappa shape index (κ3) is 6.63. The molecule has 0 unspecified atom stereocenters. The van der Waals surface area contributed by atoms with E-state index in [1.807, 2.05) is 17.0 Å². The van der Waals surface area contributed by atoms with Crippen LogP contribution in [0.1, 0.15) is 66.3 Å². The highest BCUT2D eigenvalue weighted by atomic mass is 32.1. The van der Waals surface area contributed by atoms with E-state index in [0.717, 1.165) is 54.6 Å². The number of nitrogens with zero attached hydrogens (tertiary/aromatic N) is 4. The maximum Gasteiger partial charge on any atom is 0.253 e. The summed E-state index contributed by atoms with van der Waals surface area (Å²) < 4.78 is 17.6. The molecular formula is C27H33FN4OS. The van der Waals surface area contributed by atoms with Gasteiger partial charge in [0.25, 0.3) is 5.91 Å². The summed E-state index contributed by atoms with van der Waals surface area (Å²) in [6.45, 7) is 5.24. The van der Waals surface area contributed by atoms with Gasteiger partial charge in [0.15, 0.2) is 0 Å². The van der Waals surface area contributed by atoms with Gasteiger partial charge in [-0.1, -0.05) is 50.5 Å². The van der Waals surface area contributed by atoms with Gasteiger partial charge in [0, 0.05) is 49.7 Å². The minimum atomic E-state index is -0.238. The third-order valence-corrected chi connectivity index (χ3v) is 7.12. The van der Waals surface area contributed by atoms with Gasteiger partial charge in [0.05, 0.1) is 0 Å². The Bertz CT molecular complexity index is 1050. The fraction of sp³-hybridized carbons (Fsp3) is 0.444. The van der Waals surface area contributed by atoms with Crippen LogP contribution in [-0.4, -0.2) is 46.3 Å². The quantitative estimate of drug-likeness (QED) is 0.366. The molecule has 0 saturated carbocycles. The minimum Gasteiger partial charge on any atom is -0.345 e. The lowest BCUT2D eigenvalue weighted by Gasteiger charge is -2.21. The van der Waals surface area contributed by atoms with Gasteiger partial charge in [0.1, 0.15) is 11.6 Å². The second-order valence-electron chi connectivity index (χ2n) is 8.94. The highest BCUT2D eigenvalue weighted by Gasteiger charge is 2.22. The number of hydrogen-bond acceptors (Lipinski definition) is 5. The first-order valence-corrected chi connectivity index (χ1v) is 13.1. The largest absolute Gasteiger partial charge is 0.345 e.